The number of aliphatic carboxylic acids is 1. The number of rotatable bonds is 4. The fourth-order valence-electron chi connectivity index (χ4n) is 0.335. The van der Waals surface area contributed by atoms with Crippen molar-refractivity contribution >= 4 is 5.97 Å². The van der Waals surface area contributed by atoms with Crippen molar-refractivity contribution in [2.24, 2.45) is 0 Å². The highest BCUT2D eigenvalue weighted by Crippen LogP contribution is 1.66. The fraction of sp³-hybridized carbons (Fsp3) is 0.625. The molecule has 4 heteroatoms. The van der Waals surface area contributed by atoms with Crippen LogP contribution >= 0.6 is 0 Å². The highest BCUT2D eigenvalue weighted by molar-refractivity contribution is 5.78. The number of carboxylic acid groups (broad SMARTS) is 1. The van der Waals surface area contributed by atoms with Gasteiger partial charge in [0.05, 0.1) is 0 Å². The van der Waals surface area contributed by atoms with Crippen molar-refractivity contribution in [2.75, 3.05) is 34.2 Å². The minimum Gasteiger partial charge on any atom is -0.478 e. The predicted octanol–water partition coefficient (Wildman–Crippen LogP) is 0.0244. The molecule has 0 aliphatic rings. The number of hydrogen-bond donors (Lipinski definition) is 2. The summed E-state index contributed by atoms with van der Waals surface area (Å²) >= 11 is 0. The van der Waals surface area contributed by atoms with Crippen molar-refractivity contribution in [3.63, 3.8) is 0 Å². The van der Waals surface area contributed by atoms with E-state index in [1.54, 1.807) is 0 Å². The lowest BCUT2D eigenvalue weighted by Gasteiger charge is -2.06. The SMILES string of the molecule is C=CC(=O)O.CNCCN(C)C. The Balaban J connectivity index is 0. The summed E-state index contributed by atoms with van der Waals surface area (Å²) in [6.45, 7) is 5.16. The van der Waals surface area contributed by atoms with Gasteiger partial charge >= 0.3 is 5.97 Å². The minimum absolute atomic E-state index is 0.833. The van der Waals surface area contributed by atoms with Crippen LogP contribution in [0.15, 0.2) is 12.7 Å². The van der Waals surface area contributed by atoms with Gasteiger partial charge in [0.25, 0.3) is 0 Å². The third kappa shape index (κ3) is 22.9. The first-order chi connectivity index (χ1) is 5.54. The zero-order chi connectivity index (χ0) is 9.98. The Bertz CT molecular complexity index is 124. The van der Waals surface area contributed by atoms with Gasteiger partial charge < -0.3 is 15.3 Å². The van der Waals surface area contributed by atoms with Gasteiger partial charge in [-0.3, -0.25) is 0 Å². The van der Waals surface area contributed by atoms with Gasteiger partial charge in [0, 0.05) is 19.2 Å². The molecule has 4 nitrogen and oxygen atoms in total. The van der Waals surface area contributed by atoms with Gasteiger partial charge in [-0.15, -0.1) is 0 Å². The predicted molar refractivity (Wildman–Crippen MR) is 50.3 cm³/mol. The molecule has 0 amide bonds. The molecule has 0 aromatic rings. The largest absolute Gasteiger partial charge is 0.478 e. The van der Waals surface area contributed by atoms with Crippen molar-refractivity contribution < 1.29 is 9.90 Å². The van der Waals surface area contributed by atoms with Gasteiger partial charge in [-0.2, -0.15) is 0 Å². The first kappa shape index (κ1) is 13.7. The van der Waals surface area contributed by atoms with Crippen LogP contribution in [0.4, 0.5) is 0 Å². The van der Waals surface area contributed by atoms with Gasteiger partial charge in [0.1, 0.15) is 0 Å². The third-order valence-electron chi connectivity index (χ3n) is 0.984. The second-order valence-corrected chi connectivity index (χ2v) is 2.45. The Labute approximate surface area is 73.9 Å². The minimum atomic E-state index is -0.981. The molecule has 0 aromatic heterocycles. The molecule has 0 unspecified atom stereocenters. The molecule has 0 atom stereocenters. The van der Waals surface area contributed by atoms with Crippen LogP contribution in [0, 0.1) is 0 Å². The summed E-state index contributed by atoms with van der Waals surface area (Å²) < 4.78 is 0. The van der Waals surface area contributed by atoms with Crippen LogP contribution in [0.5, 0.6) is 0 Å². The number of carboxylic acids is 1. The van der Waals surface area contributed by atoms with Crippen molar-refractivity contribution in [3.05, 3.63) is 12.7 Å². The van der Waals surface area contributed by atoms with Crippen LogP contribution in [0.1, 0.15) is 0 Å². The molecular weight excluding hydrogens is 156 g/mol. The second kappa shape index (κ2) is 10.1. The van der Waals surface area contributed by atoms with E-state index in [-0.39, 0.29) is 0 Å². The summed E-state index contributed by atoms with van der Waals surface area (Å²) in [7, 11) is 6.10. The Hall–Kier alpha value is -0.870. The molecule has 72 valence electrons. The van der Waals surface area contributed by atoms with Crippen LogP contribution in [0.25, 0.3) is 0 Å². The van der Waals surface area contributed by atoms with Gasteiger partial charge in [-0.1, -0.05) is 6.58 Å². The maximum atomic E-state index is 9.25. The molecule has 0 saturated carbocycles. The van der Waals surface area contributed by atoms with Crippen molar-refractivity contribution in [3.8, 4) is 0 Å². The van der Waals surface area contributed by atoms with E-state index < -0.39 is 5.97 Å². The smallest absolute Gasteiger partial charge is 0.327 e. The summed E-state index contributed by atoms with van der Waals surface area (Å²) in [6, 6.07) is 0. The van der Waals surface area contributed by atoms with E-state index >= 15 is 0 Å². The monoisotopic (exact) mass is 174 g/mol. The van der Waals surface area contributed by atoms with Crippen molar-refractivity contribution in [1.29, 1.82) is 0 Å². The van der Waals surface area contributed by atoms with Gasteiger partial charge in [-0.25, -0.2) is 4.79 Å². The number of likely N-dealkylation sites (N-methyl/N-ethyl adjacent to an activating group) is 2. The molecular formula is C8H18N2O2. The number of nitrogens with zero attached hydrogens (tertiary/aromatic N) is 1. The summed E-state index contributed by atoms with van der Waals surface area (Å²) in [5.74, 6) is -0.981. The van der Waals surface area contributed by atoms with Gasteiger partial charge in [0.15, 0.2) is 0 Å². The van der Waals surface area contributed by atoms with E-state index in [9.17, 15) is 4.79 Å². The summed E-state index contributed by atoms with van der Waals surface area (Å²) in [5, 5.41) is 10.7. The van der Waals surface area contributed by atoms with Crippen LogP contribution in [0.3, 0.4) is 0 Å². The summed E-state index contributed by atoms with van der Waals surface area (Å²) in [4.78, 5) is 11.4. The maximum Gasteiger partial charge on any atom is 0.327 e. The number of nitrogens with one attached hydrogen (secondary N) is 1. The first-order valence-electron chi connectivity index (χ1n) is 3.69. The number of carbonyl (C=O) groups is 1. The molecule has 0 aliphatic heterocycles. The van der Waals surface area contributed by atoms with E-state index in [1.807, 2.05) is 7.05 Å². The molecule has 0 saturated heterocycles. The quantitative estimate of drug-likeness (QED) is 0.590. The van der Waals surface area contributed by atoms with Crippen molar-refractivity contribution in [1.82, 2.24) is 10.2 Å². The van der Waals surface area contributed by atoms with Gasteiger partial charge in [-0.05, 0) is 21.1 Å². The Morgan fingerprint density at radius 2 is 2.08 bits per heavy atom. The average molecular weight is 174 g/mol. The average Bonchev–Trinajstić information content (AvgIpc) is 2.02. The molecule has 2 N–H and O–H groups in total. The molecule has 0 aliphatic carbocycles. The Morgan fingerprint density at radius 1 is 1.67 bits per heavy atom. The molecule has 0 rings (SSSR count). The van der Waals surface area contributed by atoms with Gasteiger partial charge in [0.2, 0.25) is 0 Å². The zero-order valence-electron chi connectivity index (χ0n) is 8.00. The van der Waals surface area contributed by atoms with Crippen molar-refractivity contribution in [2.45, 2.75) is 0 Å². The molecule has 0 radical (unpaired) electrons. The van der Waals surface area contributed by atoms with Crippen LogP contribution in [-0.2, 0) is 4.79 Å². The van der Waals surface area contributed by atoms with E-state index in [1.165, 1.54) is 0 Å². The Kier molecular flexibility index (Phi) is 11.6. The maximum absolute atomic E-state index is 9.25. The van der Waals surface area contributed by atoms with E-state index in [0.717, 1.165) is 19.2 Å². The molecule has 0 aromatic carbocycles. The highest BCUT2D eigenvalue weighted by Gasteiger charge is 1.82. The molecule has 0 bridgehead atoms. The van der Waals surface area contributed by atoms with Crippen LogP contribution in [-0.4, -0.2) is 50.2 Å². The second-order valence-electron chi connectivity index (χ2n) is 2.45. The topological polar surface area (TPSA) is 52.6 Å². The van der Waals surface area contributed by atoms with E-state index in [4.69, 9.17) is 5.11 Å². The number of hydrogen-bond acceptors (Lipinski definition) is 3. The molecule has 0 fully saturated rings. The molecule has 0 spiro atoms. The zero-order valence-corrected chi connectivity index (χ0v) is 8.00. The first-order valence-corrected chi connectivity index (χ1v) is 3.69. The standard InChI is InChI=1S/C5H14N2.C3H4O2/c1-6-4-5-7(2)3;1-2-3(4)5/h6H,4-5H2,1-3H3;2H,1H2,(H,4,5). The van der Waals surface area contributed by atoms with E-state index in [2.05, 4.69) is 30.9 Å². The lowest BCUT2D eigenvalue weighted by Crippen LogP contribution is -2.23. The summed E-state index contributed by atoms with van der Waals surface area (Å²) in [5.41, 5.74) is 0. The normalized spacial score (nSPS) is 8.67. The lowest BCUT2D eigenvalue weighted by atomic mass is 10.6. The van der Waals surface area contributed by atoms with Crippen LogP contribution < -0.4 is 5.32 Å². The third-order valence-corrected chi connectivity index (χ3v) is 0.984. The fourth-order valence-corrected chi connectivity index (χ4v) is 0.335. The van der Waals surface area contributed by atoms with Crippen LogP contribution in [0.2, 0.25) is 0 Å². The Morgan fingerprint density at radius 3 is 2.17 bits per heavy atom. The lowest BCUT2D eigenvalue weighted by molar-refractivity contribution is -0.131. The highest BCUT2D eigenvalue weighted by atomic mass is 16.4. The molecule has 0 heterocycles. The van der Waals surface area contributed by atoms with E-state index in [0.29, 0.717) is 0 Å². The molecule has 12 heavy (non-hydrogen) atoms. The summed E-state index contributed by atoms with van der Waals surface area (Å²) in [6.07, 6.45) is 0.833.